The molecule has 0 bridgehead atoms. The van der Waals surface area contributed by atoms with Crippen LogP contribution in [0.3, 0.4) is 0 Å². The highest BCUT2D eigenvalue weighted by Gasteiger charge is 2.22. The zero-order chi connectivity index (χ0) is 22.5. The molecular weight excluding hydrogens is 420 g/mol. The van der Waals surface area contributed by atoms with Crippen LogP contribution in [0.1, 0.15) is 27.3 Å². The number of nitrogens with zero attached hydrogens (tertiary/aromatic N) is 2. The van der Waals surface area contributed by atoms with Gasteiger partial charge < -0.3 is 19.0 Å². The number of rotatable bonds is 8. The molecule has 8 nitrogen and oxygen atoms in total. The van der Waals surface area contributed by atoms with Crippen molar-refractivity contribution in [3.8, 4) is 5.75 Å². The fraction of sp³-hybridized carbons (Fsp3) is 0.182. The second-order valence-corrected chi connectivity index (χ2v) is 7.78. The third-order valence-corrected chi connectivity index (χ3v) is 5.44. The number of ether oxygens (including phenoxy) is 1. The van der Waals surface area contributed by atoms with Crippen molar-refractivity contribution in [2.24, 2.45) is 7.05 Å². The first kappa shape index (κ1) is 22.3. The molecule has 2 aromatic carbocycles. The van der Waals surface area contributed by atoms with Gasteiger partial charge in [0.05, 0.1) is 6.54 Å². The van der Waals surface area contributed by atoms with Gasteiger partial charge in [-0.3, -0.25) is 13.3 Å². The molecular formula is C22H21N2O6S-. The smallest absolute Gasteiger partial charge is 0.356 e. The Balaban J connectivity index is 1.97. The first-order chi connectivity index (χ1) is 14.8. The van der Waals surface area contributed by atoms with Crippen molar-refractivity contribution in [3.05, 3.63) is 93.4 Å². The Kier molecular flexibility index (Phi) is 6.88. The number of carbonyl (C=O) groups is 1. The van der Waals surface area contributed by atoms with Crippen molar-refractivity contribution in [2.75, 3.05) is 4.31 Å². The molecule has 1 unspecified atom stereocenters. The normalized spacial score (nSPS) is 11.7. The number of carboxylic acid groups (broad SMARTS) is 1. The van der Waals surface area contributed by atoms with Gasteiger partial charge in [0, 0.05) is 35.8 Å². The fourth-order valence-electron chi connectivity index (χ4n) is 3.08. The summed E-state index contributed by atoms with van der Waals surface area (Å²) in [7, 11) is 1.45. The Labute approximate surface area is 181 Å². The lowest BCUT2D eigenvalue weighted by molar-refractivity contribution is 0.0678. The van der Waals surface area contributed by atoms with E-state index < -0.39 is 22.7 Å². The minimum absolute atomic E-state index is 0.0236. The molecule has 0 radical (unpaired) electrons. The van der Waals surface area contributed by atoms with Crippen LogP contribution < -0.4 is 14.5 Å². The number of aromatic nitrogens is 1. The van der Waals surface area contributed by atoms with Crippen LogP contribution >= 0.6 is 0 Å². The maximum Gasteiger partial charge on any atom is 0.356 e. The van der Waals surface area contributed by atoms with Gasteiger partial charge in [-0.25, -0.2) is 4.79 Å². The van der Waals surface area contributed by atoms with Crippen molar-refractivity contribution >= 4 is 22.9 Å². The number of pyridine rings is 1. The number of aryl methyl sites for hydroxylation is 1. The Bertz CT molecular complexity index is 1160. The van der Waals surface area contributed by atoms with Gasteiger partial charge >= 0.3 is 5.97 Å². The molecule has 1 aromatic heterocycles. The number of anilines is 1. The highest BCUT2D eigenvalue weighted by Crippen LogP contribution is 2.22. The van der Waals surface area contributed by atoms with Crippen molar-refractivity contribution in [1.29, 1.82) is 0 Å². The molecule has 0 aliphatic carbocycles. The fourth-order valence-corrected chi connectivity index (χ4v) is 3.61. The van der Waals surface area contributed by atoms with E-state index in [2.05, 4.69) is 0 Å². The summed E-state index contributed by atoms with van der Waals surface area (Å²) in [6.45, 7) is 1.68. The molecule has 3 rings (SSSR count). The number of aromatic carboxylic acids is 1. The molecule has 0 spiro atoms. The average Bonchev–Trinajstić information content (AvgIpc) is 2.74. The van der Waals surface area contributed by atoms with E-state index in [9.17, 15) is 23.5 Å². The minimum atomic E-state index is -2.64. The number of hydrogen-bond acceptors (Lipinski definition) is 5. The molecule has 31 heavy (non-hydrogen) atoms. The quantitative estimate of drug-likeness (QED) is 0.538. The van der Waals surface area contributed by atoms with E-state index in [-0.39, 0.29) is 30.3 Å². The van der Waals surface area contributed by atoms with Crippen molar-refractivity contribution < 1.29 is 23.4 Å². The van der Waals surface area contributed by atoms with Crippen molar-refractivity contribution in [2.45, 2.75) is 20.1 Å². The zero-order valence-corrected chi connectivity index (χ0v) is 17.8. The van der Waals surface area contributed by atoms with Gasteiger partial charge in [0.15, 0.2) is 11.4 Å². The lowest BCUT2D eigenvalue weighted by Crippen LogP contribution is -2.29. The molecule has 162 valence electrons. The first-order valence-electron chi connectivity index (χ1n) is 9.34. The summed E-state index contributed by atoms with van der Waals surface area (Å²) in [4.78, 5) is 24.6. The molecule has 0 saturated heterocycles. The summed E-state index contributed by atoms with van der Waals surface area (Å²) in [6, 6.07) is 17.0. The summed E-state index contributed by atoms with van der Waals surface area (Å²) < 4.78 is 31.5. The third kappa shape index (κ3) is 5.19. The van der Waals surface area contributed by atoms with Crippen LogP contribution in [0.25, 0.3) is 0 Å². The average molecular weight is 441 g/mol. The number of benzene rings is 2. The number of carboxylic acids is 1. The van der Waals surface area contributed by atoms with E-state index in [1.807, 2.05) is 13.0 Å². The Morgan fingerprint density at radius 3 is 2.39 bits per heavy atom. The van der Waals surface area contributed by atoms with Gasteiger partial charge in [-0.1, -0.05) is 48.0 Å². The largest absolute Gasteiger partial charge is 0.755 e. The lowest BCUT2D eigenvalue weighted by Gasteiger charge is -2.28. The van der Waals surface area contributed by atoms with Crippen LogP contribution in [0.4, 0.5) is 5.69 Å². The van der Waals surface area contributed by atoms with Crippen LogP contribution in [0, 0.1) is 6.92 Å². The predicted molar refractivity (Wildman–Crippen MR) is 116 cm³/mol. The molecule has 9 heteroatoms. The minimum Gasteiger partial charge on any atom is -0.755 e. The predicted octanol–water partition coefficient (Wildman–Crippen LogP) is 2.77. The van der Waals surface area contributed by atoms with Gasteiger partial charge in [0.2, 0.25) is 5.43 Å². The first-order valence-corrected chi connectivity index (χ1v) is 10.4. The van der Waals surface area contributed by atoms with Crippen LogP contribution in [0.5, 0.6) is 5.75 Å². The van der Waals surface area contributed by atoms with Crippen LogP contribution in [-0.2, 0) is 31.5 Å². The third-order valence-electron chi connectivity index (χ3n) is 4.74. The monoisotopic (exact) mass is 441 g/mol. The molecule has 1 N–H and O–H groups in total. The summed E-state index contributed by atoms with van der Waals surface area (Å²) in [5.41, 5.74) is 1.35. The van der Waals surface area contributed by atoms with E-state index in [1.165, 1.54) is 17.7 Å². The standard InChI is InChI=1S/C22H22N2O6S/c1-15-8-10-17(11-9-15)24(31(28)29)13-18-12-19(25)21(20(22(26)27)23(18)2)30-14-16-6-4-3-5-7-16/h3-12H,13-14H2,1-2H3,(H,26,27)(H,28,29)/p-1. The second kappa shape index (κ2) is 9.59. The molecule has 1 atom stereocenters. The van der Waals surface area contributed by atoms with E-state index in [1.54, 1.807) is 48.5 Å². The highest BCUT2D eigenvalue weighted by atomic mass is 32.2. The van der Waals surface area contributed by atoms with E-state index in [0.29, 0.717) is 5.69 Å². The molecule has 0 fully saturated rings. The van der Waals surface area contributed by atoms with E-state index in [4.69, 9.17) is 4.74 Å². The molecule has 0 saturated carbocycles. The van der Waals surface area contributed by atoms with Crippen LogP contribution in [-0.4, -0.2) is 24.4 Å². The van der Waals surface area contributed by atoms with Gasteiger partial charge in [-0.15, -0.1) is 0 Å². The Morgan fingerprint density at radius 2 is 1.81 bits per heavy atom. The molecule has 0 aliphatic heterocycles. The van der Waals surface area contributed by atoms with Crippen molar-refractivity contribution in [1.82, 2.24) is 4.57 Å². The van der Waals surface area contributed by atoms with Gasteiger partial charge in [0.25, 0.3) is 0 Å². The highest BCUT2D eigenvalue weighted by molar-refractivity contribution is 7.80. The Morgan fingerprint density at radius 1 is 1.16 bits per heavy atom. The lowest BCUT2D eigenvalue weighted by atomic mass is 10.2. The molecule has 1 heterocycles. The molecule has 0 amide bonds. The van der Waals surface area contributed by atoms with Crippen LogP contribution in [0.2, 0.25) is 0 Å². The summed E-state index contributed by atoms with van der Waals surface area (Å²) in [5.74, 6) is -1.65. The van der Waals surface area contributed by atoms with E-state index in [0.717, 1.165) is 15.4 Å². The summed E-state index contributed by atoms with van der Waals surface area (Å²) in [5, 5.41) is 9.71. The maximum atomic E-state index is 12.7. The second-order valence-electron chi connectivity index (χ2n) is 6.91. The molecule has 0 aliphatic rings. The van der Waals surface area contributed by atoms with Gasteiger partial charge in [0.1, 0.15) is 6.61 Å². The van der Waals surface area contributed by atoms with Crippen LogP contribution in [0.15, 0.2) is 65.5 Å². The Hall–Kier alpha value is -3.43. The molecule has 3 aromatic rings. The van der Waals surface area contributed by atoms with Gasteiger partial charge in [-0.2, -0.15) is 0 Å². The number of hydrogen-bond donors (Lipinski definition) is 1. The summed E-state index contributed by atoms with van der Waals surface area (Å²) in [6.07, 6.45) is 0. The maximum absolute atomic E-state index is 12.7. The zero-order valence-electron chi connectivity index (χ0n) is 17.0. The summed E-state index contributed by atoms with van der Waals surface area (Å²) >= 11 is -2.64. The van der Waals surface area contributed by atoms with Gasteiger partial charge in [-0.05, 0) is 24.6 Å². The topological polar surface area (TPSA) is 112 Å². The van der Waals surface area contributed by atoms with Crippen molar-refractivity contribution in [3.63, 3.8) is 0 Å². The SMILES string of the molecule is Cc1ccc(N(Cc2cc(=O)c(OCc3ccccc3)c(C(=O)O)n2C)S(=O)[O-])cc1. The van der Waals surface area contributed by atoms with E-state index >= 15 is 0 Å².